The second kappa shape index (κ2) is 10.0. The molecule has 1 unspecified atom stereocenters. The van der Waals surface area contributed by atoms with Gasteiger partial charge in [-0.25, -0.2) is 14.6 Å². The molecule has 0 fully saturated rings. The minimum atomic E-state index is -1.06. The van der Waals surface area contributed by atoms with Crippen molar-refractivity contribution < 1.29 is 24.2 Å². The fourth-order valence-electron chi connectivity index (χ4n) is 4.07. The number of aromatic nitrogens is 1. The van der Waals surface area contributed by atoms with Crippen LogP contribution in [0.1, 0.15) is 45.6 Å². The molecule has 2 aromatic carbocycles. The molecule has 1 aliphatic rings. The molecule has 0 bridgehead atoms. The van der Waals surface area contributed by atoms with Gasteiger partial charge < -0.3 is 20.5 Å². The predicted molar refractivity (Wildman–Crippen MR) is 128 cm³/mol. The van der Waals surface area contributed by atoms with E-state index in [1.54, 1.807) is 0 Å². The Balaban J connectivity index is 1.36. The maximum atomic E-state index is 12.7. The zero-order chi connectivity index (χ0) is 24.2. The number of nitrogens with one attached hydrogen (secondary N) is 2. The Morgan fingerprint density at radius 2 is 1.68 bits per heavy atom. The summed E-state index contributed by atoms with van der Waals surface area (Å²) in [5.41, 5.74) is 4.50. The standard InChI is InChI=1S/C25H25N3O5S/c1-14(2)22(23(29)27-12-21-26-11-20(34-21)24(30)31)28-25(32)33-13-19-17-9-5-3-7-15(17)16-8-4-6-10-18(16)19/h3-11,14,19,22H,12-13H2,1-2H3,(H,27,29)(H,28,32)(H,30,31). The van der Waals surface area contributed by atoms with Crippen molar-refractivity contribution in [3.63, 3.8) is 0 Å². The van der Waals surface area contributed by atoms with E-state index in [1.165, 1.54) is 6.20 Å². The average molecular weight is 480 g/mol. The van der Waals surface area contributed by atoms with Crippen LogP contribution < -0.4 is 10.6 Å². The number of rotatable bonds is 8. The fourth-order valence-corrected chi connectivity index (χ4v) is 4.76. The van der Waals surface area contributed by atoms with Gasteiger partial charge in [0.1, 0.15) is 22.5 Å². The van der Waals surface area contributed by atoms with Crippen LogP contribution in [0.4, 0.5) is 4.79 Å². The summed E-state index contributed by atoms with van der Waals surface area (Å²) in [5.74, 6) is -1.72. The number of ether oxygens (including phenoxy) is 1. The van der Waals surface area contributed by atoms with E-state index in [0.717, 1.165) is 33.6 Å². The monoisotopic (exact) mass is 479 g/mol. The molecular formula is C25H25N3O5S. The summed E-state index contributed by atoms with van der Waals surface area (Å²) in [6, 6.07) is 15.3. The van der Waals surface area contributed by atoms with Crippen LogP contribution in [-0.4, -0.2) is 40.7 Å². The first-order valence-corrected chi connectivity index (χ1v) is 11.7. The number of carbonyl (C=O) groups is 3. The van der Waals surface area contributed by atoms with Gasteiger partial charge in [-0.1, -0.05) is 62.4 Å². The van der Waals surface area contributed by atoms with E-state index in [1.807, 2.05) is 50.2 Å². The zero-order valence-corrected chi connectivity index (χ0v) is 19.6. The van der Waals surface area contributed by atoms with Gasteiger partial charge in [0.05, 0.1) is 12.7 Å². The normalized spacial score (nSPS) is 13.1. The first-order chi connectivity index (χ1) is 16.3. The second-order valence-electron chi connectivity index (χ2n) is 8.33. The Labute approximate surface area is 201 Å². The van der Waals surface area contributed by atoms with Gasteiger partial charge in [-0.15, -0.1) is 11.3 Å². The van der Waals surface area contributed by atoms with Gasteiger partial charge in [0, 0.05) is 5.92 Å². The summed E-state index contributed by atoms with van der Waals surface area (Å²) in [6.07, 6.45) is 0.585. The minimum Gasteiger partial charge on any atom is -0.477 e. The number of carboxylic acids is 1. The van der Waals surface area contributed by atoms with E-state index in [2.05, 4.69) is 27.8 Å². The van der Waals surface area contributed by atoms with E-state index >= 15 is 0 Å². The summed E-state index contributed by atoms with van der Waals surface area (Å²) in [6.45, 7) is 3.87. The van der Waals surface area contributed by atoms with Crippen molar-refractivity contribution in [2.24, 2.45) is 5.92 Å². The number of hydrogen-bond donors (Lipinski definition) is 3. The molecule has 176 valence electrons. The number of nitrogens with zero attached hydrogens (tertiary/aromatic N) is 1. The van der Waals surface area contributed by atoms with Crippen molar-refractivity contribution in [2.45, 2.75) is 32.4 Å². The molecule has 0 saturated heterocycles. The third-order valence-corrected chi connectivity index (χ3v) is 6.73. The molecule has 8 nitrogen and oxygen atoms in total. The van der Waals surface area contributed by atoms with Crippen molar-refractivity contribution in [2.75, 3.05) is 6.61 Å². The number of thiazole rings is 1. The van der Waals surface area contributed by atoms with Crippen molar-refractivity contribution in [1.29, 1.82) is 0 Å². The Morgan fingerprint density at radius 3 is 2.24 bits per heavy atom. The number of amides is 2. The summed E-state index contributed by atoms with van der Waals surface area (Å²) in [5, 5.41) is 14.8. The van der Waals surface area contributed by atoms with E-state index < -0.39 is 24.0 Å². The number of carbonyl (C=O) groups excluding carboxylic acids is 2. The lowest BCUT2D eigenvalue weighted by atomic mass is 9.98. The Hall–Kier alpha value is -3.72. The first kappa shape index (κ1) is 23.4. The SMILES string of the molecule is CC(C)C(NC(=O)OCC1c2ccccc2-c2ccccc21)C(=O)NCc1ncc(C(=O)O)s1. The molecule has 0 saturated carbocycles. The highest BCUT2D eigenvalue weighted by molar-refractivity contribution is 7.13. The molecule has 3 aromatic rings. The van der Waals surface area contributed by atoms with Crippen molar-refractivity contribution in [1.82, 2.24) is 15.6 Å². The molecule has 4 rings (SSSR count). The molecule has 1 atom stereocenters. The van der Waals surface area contributed by atoms with Crippen LogP contribution in [0, 0.1) is 5.92 Å². The molecule has 0 spiro atoms. The number of aromatic carboxylic acids is 1. The van der Waals surface area contributed by atoms with E-state index in [9.17, 15) is 14.4 Å². The van der Waals surface area contributed by atoms with Crippen LogP contribution in [0.25, 0.3) is 11.1 Å². The van der Waals surface area contributed by atoms with Crippen LogP contribution in [0.15, 0.2) is 54.7 Å². The van der Waals surface area contributed by atoms with Gasteiger partial charge in [-0.2, -0.15) is 0 Å². The van der Waals surface area contributed by atoms with Gasteiger partial charge in [0.15, 0.2) is 0 Å². The quantitative estimate of drug-likeness (QED) is 0.449. The third kappa shape index (κ3) is 4.94. The van der Waals surface area contributed by atoms with Gasteiger partial charge in [0.2, 0.25) is 5.91 Å². The first-order valence-electron chi connectivity index (χ1n) is 10.9. The highest BCUT2D eigenvalue weighted by atomic mass is 32.1. The summed E-state index contributed by atoms with van der Waals surface area (Å²) < 4.78 is 5.56. The van der Waals surface area contributed by atoms with Crippen LogP contribution in [0.3, 0.4) is 0 Å². The fraction of sp³-hybridized carbons (Fsp3) is 0.280. The van der Waals surface area contributed by atoms with Crippen molar-refractivity contribution in [3.8, 4) is 11.1 Å². The predicted octanol–water partition coefficient (Wildman–Crippen LogP) is 4.02. The number of carboxylic acid groups (broad SMARTS) is 1. The summed E-state index contributed by atoms with van der Waals surface area (Å²) >= 11 is 0.991. The van der Waals surface area contributed by atoms with Crippen molar-refractivity contribution >= 4 is 29.3 Å². The highest BCUT2D eigenvalue weighted by Crippen LogP contribution is 2.44. The molecule has 3 N–H and O–H groups in total. The van der Waals surface area contributed by atoms with Crippen LogP contribution >= 0.6 is 11.3 Å². The van der Waals surface area contributed by atoms with Gasteiger partial charge in [-0.05, 0) is 28.2 Å². The number of fused-ring (bicyclic) bond motifs is 3. The molecule has 0 aliphatic heterocycles. The maximum absolute atomic E-state index is 12.7. The van der Waals surface area contributed by atoms with Crippen LogP contribution in [0.5, 0.6) is 0 Å². The highest BCUT2D eigenvalue weighted by Gasteiger charge is 2.30. The minimum absolute atomic E-state index is 0.0715. The van der Waals surface area contributed by atoms with Gasteiger partial charge >= 0.3 is 12.1 Å². The Bertz CT molecular complexity index is 1180. The molecule has 2 amide bonds. The van der Waals surface area contributed by atoms with E-state index in [0.29, 0.717) is 5.01 Å². The number of alkyl carbamates (subject to hydrolysis) is 1. The molecule has 0 radical (unpaired) electrons. The van der Waals surface area contributed by atoms with Crippen LogP contribution in [-0.2, 0) is 16.1 Å². The lowest BCUT2D eigenvalue weighted by molar-refractivity contribution is -0.124. The van der Waals surface area contributed by atoms with Gasteiger partial charge in [-0.3, -0.25) is 4.79 Å². The third-order valence-electron chi connectivity index (χ3n) is 5.74. The zero-order valence-electron chi connectivity index (χ0n) is 18.8. The van der Waals surface area contributed by atoms with E-state index in [4.69, 9.17) is 9.84 Å². The smallest absolute Gasteiger partial charge is 0.407 e. The maximum Gasteiger partial charge on any atom is 0.407 e. The molecule has 9 heteroatoms. The summed E-state index contributed by atoms with van der Waals surface area (Å²) in [4.78, 5) is 40.4. The van der Waals surface area contributed by atoms with Crippen molar-refractivity contribution in [3.05, 3.63) is 75.7 Å². The molecule has 1 heterocycles. The molecule has 34 heavy (non-hydrogen) atoms. The average Bonchev–Trinajstić information content (AvgIpc) is 3.43. The number of hydrogen-bond acceptors (Lipinski definition) is 6. The Kier molecular flexibility index (Phi) is 6.93. The number of benzene rings is 2. The lowest BCUT2D eigenvalue weighted by Gasteiger charge is -2.22. The summed E-state index contributed by atoms with van der Waals surface area (Å²) in [7, 11) is 0. The van der Waals surface area contributed by atoms with Gasteiger partial charge in [0.25, 0.3) is 0 Å². The molecule has 1 aromatic heterocycles. The lowest BCUT2D eigenvalue weighted by Crippen LogP contribution is -2.49. The Morgan fingerprint density at radius 1 is 1.06 bits per heavy atom. The van der Waals surface area contributed by atoms with E-state index in [-0.39, 0.29) is 29.9 Å². The molecule has 1 aliphatic carbocycles. The van der Waals surface area contributed by atoms with Crippen LogP contribution in [0.2, 0.25) is 0 Å². The largest absolute Gasteiger partial charge is 0.477 e. The molecular weight excluding hydrogens is 454 g/mol. The second-order valence-corrected chi connectivity index (χ2v) is 9.45. The topological polar surface area (TPSA) is 118 Å².